The molecule has 1 aliphatic heterocycles. The van der Waals surface area contributed by atoms with Crippen LogP contribution in [0.1, 0.15) is 34.3 Å². The molecule has 1 heterocycles. The molecule has 2 amide bonds. The third kappa shape index (κ3) is 5.57. The quantitative estimate of drug-likeness (QED) is 0.725. The van der Waals surface area contributed by atoms with Gasteiger partial charge in [-0.05, 0) is 41.8 Å². The maximum atomic E-state index is 12.1. The predicted molar refractivity (Wildman–Crippen MR) is 105 cm³/mol. The minimum absolute atomic E-state index is 0.160. The molecular weight excluding hydrogens is 380 g/mol. The van der Waals surface area contributed by atoms with Crippen LogP contribution in [0.5, 0.6) is 0 Å². The molecule has 28 heavy (non-hydrogen) atoms. The number of ether oxygens (including phenoxy) is 1. The van der Waals surface area contributed by atoms with Crippen molar-refractivity contribution in [3.05, 3.63) is 70.2 Å². The molecule has 7 heteroatoms. The molecule has 0 aliphatic carbocycles. The van der Waals surface area contributed by atoms with E-state index in [2.05, 4.69) is 5.32 Å². The lowest BCUT2D eigenvalue weighted by molar-refractivity contribution is -0.128. The molecule has 1 saturated heterocycles. The van der Waals surface area contributed by atoms with Gasteiger partial charge in [0.15, 0.2) is 6.61 Å². The van der Waals surface area contributed by atoms with Crippen LogP contribution in [0, 0.1) is 0 Å². The Balaban J connectivity index is 1.43. The number of halogens is 1. The summed E-state index contributed by atoms with van der Waals surface area (Å²) in [5.74, 6) is -0.786. The van der Waals surface area contributed by atoms with Gasteiger partial charge in [-0.1, -0.05) is 35.9 Å². The number of carbonyl (C=O) groups excluding carboxylic acids is 3. The van der Waals surface area contributed by atoms with Crippen molar-refractivity contribution in [2.45, 2.75) is 25.9 Å². The van der Waals surface area contributed by atoms with Gasteiger partial charge in [0.1, 0.15) is 0 Å². The van der Waals surface area contributed by atoms with Crippen molar-refractivity contribution in [3.63, 3.8) is 0 Å². The Morgan fingerprint density at radius 3 is 2.36 bits per heavy atom. The molecule has 3 rings (SSSR count). The summed E-state index contributed by atoms with van der Waals surface area (Å²) < 4.78 is 5.05. The lowest BCUT2D eigenvalue weighted by atomic mass is 10.1. The third-order valence-corrected chi connectivity index (χ3v) is 4.72. The predicted octanol–water partition coefficient (Wildman–Crippen LogP) is 2.94. The Hall–Kier alpha value is -2.86. The molecule has 0 bridgehead atoms. The molecule has 2 aromatic rings. The van der Waals surface area contributed by atoms with E-state index in [-0.39, 0.29) is 18.4 Å². The van der Waals surface area contributed by atoms with Crippen molar-refractivity contribution in [3.8, 4) is 0 Å². The van der Waals surface area contributed by atoms with Crippen molar-refractivity contribution < 1.29 is 19.1 Å². The molecule has 0 radical (unpaired) electrons. The van der Waals surface area contributed by atoms with E-state index in [1.165, 1.54) is 0 Å². The number of nitrogens with one attached hydrogen (secondary N) is 1. The maximum absolute atomic E-state index is 12.1. The standard InChI is InChI=1S/C21H21ClN2O4/c22-18-9-5-15(6-10-18)12-23-19(25)14-28-21(27)17-7-3-16(4-8-17)13-24-11-1-2-20(24)26/h3-10H,1-2,11-14H2,(H,23,25). The first kappa shape index (κ1) is 19.9. The maximum Gasteiger partial charge on any atom is 0.338 e. The summed E-state index contributed by atoms with van der Waals surface area (Å²) in [5.41, 5.74) is 2.21. The number of benzene rings is 2. The zero-order valence-electron chi connectivity index (χ0n) is 15.3. The van der Waals surface area contributed by atoms with Gasteiger partial charge in [-0.2, -0.15) is 0 Å². The highest BCUT2D eigenvalue weighted by atomic mass is 35.5. The molecule has 0 spiro atoms. The van der Waals surface area contributed by atoms with Gasteiger partial charge in [-0.3, -0.25) is 9.59 Å². The van der Waals surface area contributed by atoms with E-state index in [4.69, 9.17) is 16.3 Å². The molecule has 1 N–H and O–H groups in total. The number of hydrogen-bond acceptors (Lipinski definition) is 4. The van der Waals surface area contributed by atoms with Crippen LogP contribution in [0.15, 0.2) is 48.5 Å². The highest BCUT2D eigenvalue weighted by molar-refractivity contribution is 6.30. The summed E-state index contributed by atoms with van der Waals surface area (Å²) in [6.07, 6.45) is 1.49. The van der Waals surface area contributed by atoms with Crippen LogP contribution in [-0.2, 0) is 27.4 Å². The Bertz CT molecular complexity index is 850. The summed E-state index contributed by atoms with van der Waals surface area (Å²) in [4.78, 5) is 37.4. The van der Waals surface area contributed by atoms with Crippen LogP contribution < -0.4 is 5.32 Å². The van der Waals surface area contributed by atoms with E-state index in [0.717, 1.165) is 24.1 Å². The summed E-state index contributed by atoms with van der Waals surface area (Å²) in [6, 6.07) is 14.0. The van der Waals surface area contributed by atoms with E-state index in [9.17, 15) is 14.4 Å². The summed E-state index contributed by atoms with van der Waals surface area (Å²) in [7, 11) is 0. The third-order valence-electron chi connectivity index (χ3n) is 4.47. The minimum atomic E-state index is -0.564. The van der Waals surface area contributed by atoms with Crippen LogP contribution in [0.2, 0.25) is 5.02 Å². The molecule has 0 aromatic heterocycles. The van der Waals surface area contributed by atoms with Crippen LogP contribution in [-0.4, -0.2) is 35.8 Å². The Labute approximate surface area is 168 Å². The molecule has 0 atom stereocenters. The highest BCUT2D eigenvalue weighted by Gasteiger charge is 2.20. The number of esters is 1. The average Bonchev–Trinajstić information content (AvgIpc) is 3.10. The van der Waals surface area contributed by atoms with Crippen molar-refractivity contribution in [1.82, 2.24) is 10.2 Å². The van der Waals surface area contributed by atoms with Gasteiger partial charge in [0.2, 0.25) is 5.91 Å². The molecule has 2 aromatic carbocycles. The lowest BCUT2D eigenvalue weighted by Crippen LogP contribution is -2.28. The van der Waals surface area contributed by atoms with Crippen molar-refractivity contribution >= 4 is 29.4 Å². The number of rotatable bonds is 7. The van der Waals surface area contributed by atoms with E-state index >= 15 is 0 Å². The van der Waals surface area contributed by atoms with Gasteiger partial charge in [0.25, 0.3) is 5.91 Å². The highest BCUT2D eigenvalue weighted by Crippen LogP contribution is 2.15. The van der Waals surface area contributed by atoms with E-state index in [1.54, 1.807) is 41.3 Å². The number of hydrogen-bond donors (Lipinski definition) is 1. The number of amides is 2. The molecule has 0 saturated carbocycles. The Morgan fingerprint density at radius 1 is 1.04 bits per heavy atom. The number of carbonyl (C=O) groups is 3. The van der Waals surface area contributed by atoms with E-state index < -0.39 is 5.97 Å². The smallest absolute Gasteiger partial charge is 0.338 e. The fourth-order valence-corrected chi connectivity index (χ4v) is 3.03. The van der Waals surface area contributed by atoms with Gasteiger partial charge in [-0.25, -0.2) is 4.79 Å². The van der Waals surface area contributed by atoms with Gasteiger partial charge < -0.3 is 15.0 Å². The normalized spacial score (nSPS) is 13.5. The van der Waals surface area contributed by atoms with E-state index in [0.29, 0.717) is 30.1 Å². The fourth-order valence-electron chi connectivity index (χ4n) is 2.91. The zero-order valence-corrected chi connectivity index (χ0v) is 16.1. The first-order chi connectivity index (χ1) is 13.5. The SMILES string of the molecule is O=C(COC(=O)c1ccc(CN2CCCC2=O)cc1)NCc1ccc(Cl)cc1. The van der Waals surface area contributed by atoms with Crippen molar-refractivity contribution in [2.75, 3.05) is 13.2 Å². The number of likely N-dealkylation sites (tertiary alicyclic amines) is 1. The van der Waals surface area contributed by atoms with Crippen molar-refractivity contribution in [2.24, 2.45) is 0 Å². The van der Waals surface area contributed by atoms with Crippen LogP contribution in [0.4, 0.5) is 0 Å². The molecule has 1 aliphatic rings. The summed E-state index contributed by atoms with van der Waals surface area (Å²) in [5, 5.41) is 3.31. The first-order valence-electron chi connectivity index (χ1n) is 9.06. The Morgan fingerprint density at radius 2 is 1.71 bits per heavy atom. The van der Waals surface area contributed by atoms with Gasteiger partial charge >= 0.3 is 5.97 Å². The minimum Gasteiger partial charge on any atom is -0.452 e. The second-order valence-electron chi connectivity index (χ2n) is 6.60. The fraction of sp³-hybridized carbons (Fsp3) is 0.286. The lowest BCUT2D eigenvalue weighted by Gasteiger charge is -2.15. The molecule has 6 nitrogen and oxygen atoms in total. The molecule has 146 valence electrons. The zero-order chi connectivity index (χ0) is 19.9. The molecule has 0 unspecified atom stereocenters. The second-order valence-corrected chi connectivity index (χ2v) is 7.03. The van der Waals surface area contributed by atoms with Crippen LogP contribution in [0.3, 0.4) is 0 Å². The average molecular weight is 401 g/mol. The van der Waals surface area contributed by atoms with Crippen LogP contribution in [0.25, 0.3) is 0 Å². The summed E-state index contributed by atoms with van der Waals surface area (Å²) in [6.45, 7) is 1.29. The van der Waals surface area contributed by atoms with Gasteiger partial charge in [-0.15, -0.1) is 0 Å². The first-order valence-corrected chi connectivity index (χ1v) is 9.44. The monoisotopic (exact) mass is 400 g/mol. The topological polar surface area (TPSA) is 75.7 Å². The van der Waals surface area contributed by atoms with Gasteiger partial charge in [0.05, 0.1) is 5.56 Å². The summed E-state index contributed by atoms with van der Waals surface area (Å²) >= 11 is 5.81. The largest absolute Gasteiger partial charge is 0.452 e. The molecule has 1 fully saturated rings. The van der Waals surface area contributed by atoms with Crippen LogP contribution >= 0.6 is 11.6 Å². The van der Waals surface area contributed by atoms with E-state index in [1.807, 2.05) is 12.1 Å². The second kappa shape index (κ2) is 9.37. The number of nitrogens with zero attached hydrogens (tertiary/aromatic N) is 1. The van der Waals surface area contributed by atoms with Crippen molar-refractivity contribution in [1.29, 1.82) is 0 Å². The molecular formula is C21H21ClN2O4. The Kier molecular flexibility index (Phi) is 6.66. The van der Waals surface area contributed by atoms with Gasteiger partial charge in [0, 0.05) is 31.1 Å².